The Balaban J connectivity index is 2.64. The number of benzene rings is 1. The molecule has 17 heavy (non-hydrogen) atoms. The number of nitrogens with one attached hydrogen (secondary N) is 2. The molecule has 0 unspecified atom stereocenters. The standard InChI is InChI=1S/C11H11N3O3/c1-17-9-5-3-2-4-8(9)11(16)14-13-10(15)6-7-12/h2-5H,6H2,1H3,(H,13,15)(H,14,16). The molecule has 0 heterocycles. The third-order valence-corrected chi connectivity index (χ3v) is 1.91. The van der Waals surface area contributed by atoms with Crippen LogP contribution < -0.4 is 15.6 Å². The average Bonchev–Trinajstić information content (AvgIpc) is 2.36. The number of carbonyl (C=O) groups excluding carboxylic acids is 2. The molecule has 0 aliphatic heterocycles. The van der Waals surface area contributed by atoms with Crippen molar-refractivity contribution in [2.75, 3.05) is 7.11 Å². The first-order valence-corrected chi connectivity index (χ1v) is 4.78. The molecule has 0 atom stereocenters. The monoisotopic (exact) mass is 233 g/mol. The Morgan fingerprint density at radius 2 is 2.06 bits per heavy atom. The average molecular weight is 233 g/mol. The highest BCUT2D eigenvalue weighted by Gasteiger charge is 2.11. The van der Waals surface area contributed by atoms with Crippen LogP contribution in [0.15, 0.2) is 24.3 Å². The number of ether oxygens (including phenoxy) is 1. The fourth-order valence-corrected chi connectivity index (χ4v) is 1.14. The topological polar surface area (TPSA) is 91.2 Å². The van der Waals surface area contributed by atoms with Crippen molar-refractivity contribution < 1.29 is 14.3 Å². The summed E-state index contributed by atoms with van der Waals surface area (Å²) in [5, 5.41) is 8.26. The van der Waals surface area contributed by atoms with Gasteiger partial charge in [0.25, 0.3) is 11.8 Å². The van der Waals surface area contributed by atoms with Crippen LogP contribution in [0.5, 0.6) is 5.75 Å². The molecule has 0 saturated heterocycles. The van der Waals surface area contributed by atoms with Gasteiger partial charge in [0, 0.05) is 0 Å². The van der Waals surface area contributed by atoms with Crippen molar-refractivity contribution in [3.05, 3.63) is 29.8 Å². The van der Waals surface area contributed by atoms with Crippen LogP contribution in [0, 0.1) is 11.3 Å². The second-order valence-electron chi connectivity index (χ2n) is 3.04. The van der Waals surface area contributed by atoms with E-state index in [9.17, 15) is 9.59 Å². The van der Waals surface area contributed by atoms with Crippen molar-refractivity contribution >= 4 is 11.8 Å². The fraction of sp³-hybridized carbons (Fsp3) is 0.182. The van der Waals surface area contributed by atoms with E-state index in [-0.39, 0.29) is 6.42 Å². The van der Waals surface area contributed by atoms with Crippen LogP contribution in [0.3, 0.4) is 0 Å². The predicted octanol–water partition coefficient (Wildman–Crippen LogP) is 0.370. The van der Waals surface area contributed by atoms with E-state index in [1.807, 2.05) is 0 Å². The zero-order valence-electron chi connectivity index (χ0n) is 9.19. The fourth-order valence-electron chi connectivity index (χ4n) is 1.14. The molecular weight excluding hydrogens is 222 g/mol. The minimum absolute atomic E-state index is 0.298. The van der Waals surface area contributed by atoms with Gasteiger partial charge >= 0.3 is 0 Å². The van der Waals surface area contributed by atoms with Gasteiger partial charge in [0.15, 0.2) is 0 Å². The Kier molecular flexibility index (Phi) is 4.51. The van der Waals surface area contributed by atoms with Crippen LogP contribution in [0.1, 0.15) is 16.8 Å². The highest BCUT2D eigenvalue weighted by atomic mass is 16.5. The molecule has 0 fully saturated rings. The summed E-state index contributed by atoms with van der Waals surface area (Å²) in [6.07, 6.45) is -0.313. The summed E-state index contributed by atoms with van der Waals surface area (Å²) in [7, 11) is 1.44. The first-order valence-electron chi connectivity index (χ1n) is 4.78. The number of nitriles is 1. The van der Waals surface area contributed by atoms with Gasteiger partial charge in [-0.05, 0) is 12.1 Å². The van der Waals surface area contributed by atoms with Gasteiger partial charge in [-0.2, -0.15) is 5.26 Å². The molecule has 2 N–H and O–H groups in total. The number of para-hydroxylation sites is 1. The lowest BCUT2D eigenvalue weighted by Gasteiger charge is -2.08. The molecule has 0 saturated carbocycles. The molecule has 0 radical (unpaired) electrons. The van der Waals surface area contributed by atoms with E-state index < -0.39 is 11.8 Å². The summed E-state index contributed by atoms with van der Waals surface area (Å²) in [5.41, 5.74) is 4.60. The van der Waals surface area contributed by atoms with Gasteiger partial charge in [0.05, 0.1) is 18.7 Å². The maximum Gasteiger partial charge on any atom is 0.273 e. The van der Waals surface area contributed by atoms with Crippen LogP contribution in [0.25, 0.3) is 0 Å². The first kappa shape index (κ1) is 12.5. The molecule has 0 aromatic heterocycles. The second kappa shape index (κ2) is 6.12. The smallest absolute Gasteiger partial charge is 0.273 e. The number of rotatable bonds is 3. The molecule has 1 aromatic rings. The number of hydrogen-bond acceptors (Lipinski definition) is 4. The lowest BCUT2D eigenvalue weighted by atomic mass is 10.2. The predicted molar refractivity (Wildman–Crippen MR) is 58.8 cm³/mol. The number of nitrogens with zero attached hydrogens (tertiary/aromatic N) is 1. The number of hydrazine groups is 1. The lowest BCUT2D eigenvalue weighted by molar-refractivity contribution is -0.120. The Labute approximate surface area is 98.2 Å². The molecule has 0 aliphatic rings. The van der Waals surface area contributed by atoms with Crippen LogP contribution in [-0.4, -0.2) is 18.9 Å². The van der Waals surface area contributed by atoms with Crippen LogP contribution in [-0.2, 0) is 4.79 Å². The maximum absolute atomic E-state index is 11.6. The number of carbonyl (C=O) groups is 2. The third-order valence-electron chi connectivity index (χ3n) is 1.91. The van der Waals surface area contributed by atoms with Gasteiger partial charge in [0.1, 0.15) is 12.2 Å². The third kappa shape index (κ3) is 3.50. The Bertz CT molecular complexity index is 465. The number of amides is 2. The van der Waals surface area contributed by atoms with Gasteiger partial charge < -0.3 is 4.74 Å². The molecule has 6 nitrogen and oxygen atoms in total. The lowest BCUT2D eigenvalue weighted by Crippen LogP contribution is -2.41. The largest absolute Gasteiger partial charge is 0.496 e. The van der Waals surface area contributed by atoms with Gasteiger partial charge in [0.2, 0.25) is 0 Å². The SMILES string of the molecule is COc1ccccc1C(=O)NNC(=O)CC#N. The van der Waals surface area contributed by atoms with Crippen molar-refractivity contribution in [3.8, 4) is 11.8 Å². The molecule has 0 spiro atoms. The van der Waals surface area contributed by atoms with Gasteiger partial charge in [-0.25, -0.2) is 0 Å². The first-order chi connectivity index (χ1) is 8.19. The summed E-state index contributed by atoms with van der Waals surface area (Å²) in [6, 6.07) is 8.26. The van der Waals surface area contributed by atoms with E-state index in [0.29, 0.717) is 11.3 Å². The summed E-state index contributed by atoms with van der Waals surface area (Å²) in [5.74, 6) is -0.677. The molecular formula is C11H11N3O3. The van der Waals surface area contributed by atoms with E-state index >= 15 is 0 Å². The molecule has 1 rings (SSSR count). The minimum Gasteiger partial charge on any atom is -0.496 e. The van der Waals surface area contributed by atoms with Gasteiger partial charge in [-0.15, -0.1) is 0 Å². The van der Waals surface area contributed by atoms with Crippen molar-refractivity contribution in [2.24, 2.45) is 0 Å². The van der Waals surface area contributed by atoms with Crippen LogP contribution in [0.2, 0.25) is 0 Å². The zero-order chi connectivity index (χ0) is 12.7. The Morgan fingerprint density at radius 1 is 1.35 bits per heavy atom. The van der Waals surface area contributed by atoms with Crippen molar-refractivity contribution in [1.82, 2.24) is 10.9 Å². The van der Waals surface area contributed by atoms with Crippen molar-refractivity contribution in [2.45, 2.75) is 6.42 Å². The van der Waals surface area contributed by atoms with E-state index in [4.69, 9.17) is 10.00 Å². The quantitative estimate of drug-likeness (QED) is 0.738. The van der Waals surface area contributed by atoms with Crippen molar-refractivity contribution in [3.63, 3.8) is 0 Å². The van der Waals surface area contributed by atoms with Gasteiger partial charge in [-0.3, -0.25) is 20.4 Å². The zero-order valence-corrected chi connectivity index (χ0v) is 9.19. The van der Waals surface area contributed by atoms with E-state index in [0.717, 1.165) is 0 Å². The molecule has 0 bridgehead atoms. The molecule has 1 aromatic carbocycles. The summed E-state index contributed by atoms with van der Waals surface area (Å²) in [6.45, 7) is 0. The summed E-state index contributed by atoms with van der Waals surface area (Å²) in [4.78, 5) is 22.6. The van der Waals surface area contributed by atoms with Crippen LogP contribution >= 0.6 is 0 Å². The minimum atomic E-state index is -0.573. The van der Waals surface area contributed by atoms with E-state index in [2.05, 4.69) is 10.9 Å². The molecule has 88 valence electrons. The highest BCUT2D eigenvalue weighted by molar-refractivity contribution is 5.97. The molecule has 0 aliphatic carbocycles. The van der Waals surface area contributed by atoms with Crippen molar-refractivity contribution in [1.29, 1.82) is 5.26 Å². The van der Waals surface area contributed by atoms with Gasteiger partial charge in [-0.1, -0.05) is 12.1 Å². The number of hydrogen-bond donors (Lipinski definition) is 2. The molecule has 6 heteroatoms. The Hall–Kier alpha value is -2.55. The van der Waals surface area contributed by atoms with E-state index in [1.165, 1.54) is 7.11 Å². The maximum atomic E-state index is 11.6. The van der Waals surface area contributed by atoms with Crippen LogP contribution in [0.4, 0.5) is 0 Å². The highest BCUT2D eigenvalue weighted by Crippen LogP contribution is 2.16. The number of methoxy groups -OCH3 is 1. The Morgan fingerprint density at radius 3 is 2.71 bits per heavy atom. The van der Waals surface area contributed by atoms with E-state index in [1.54, 1.807) is 30.3 Å². The summed E-state index contributed by atoms with van der Waals surface area (Å²) >= 11 is 0. The second-order valence-corrected chi connectivity index (χ2v) is 3.04. The molecule has 2 amide bonds. The summed E-state index contributed by atoms with van der Waals surface area (Å²) < 4.78 is 4.99. The normalized spacial score (nSPS) is 8.94.